The summed E-state index contributed by atoms with van der Waals surface area (Å²) in [6.45, 7) is 0. The Morgan fingerprint density at radius 1 is 1.05 bits per heavy atom. The summed E-state index contributed by atoms with van der Waals surface area (Å²) in [6.07, 6.45) is 0. The van der Waals surface area contributed by atoms with Gasteiger partial charge >= 0.3 is 0 Å². The summed E-state index contributed by atoms with van der Waals surface area (Å²) in [6, 6.07) is 11.9. The Kier molecular flexibility index (Phi) is 3.56. The fraction of sp³-hybridized carbons (Fsp3) is 0.0714. The number of carbonyl (C=O) groups is 1. The number of rotatable bonds is 3. The van der Waals surface area contributed by atoms with E-state index in [4.69, 9.17) is 16.2 Å². The van der Waals surface area contributed by atoms with Gasteiger partial charge in [0.1, 0.15) is 11.5 Å². The van der Waals surface area contributed by atoms with E-state index in [1.807, 2.05) is 0 Å². The van der Waals surface area contributed by atoms with E-state index in [0.29, 0.717) is 28.4 Å². The van der Waals surface area contributed by atoms with E-state index < -0.39 is 0 Å². The van der Waals surface area contributed by atoms with E-state index in [1.54, 1.807) is 49.5 Å². The van der Waals surface area contributed by atoms with Gasteiger partial charge in [-0.1, -0.05) is 6.07 Å². The van der Waals surface area contributed by atoms with Crippen molar-refractivity contribution >= 4 is 17.3 Å². The molecule has 0 aromatic heterocycles. The Morgan fingerprint density at radius 3 is 2.47 bits per heavy atom. The van der Waals surface area contributed by atoms with Gasteiger partial charge in [0, 0.05) is 18.7 Å². The Balaban J connectivity index is 2.23. The molecule has 0 saturated carbocycles. The van der Waals surface area contributed by atoms with E-state index in [1.165, 1.54) is 0 Å². The summed E-state index contributed by atoms with van der Waals surface area (Å²) < 4.78 is 5.63. The third-order valence-electron chi connectivity index (χ3n) is 2.62. The van der Waals surface area contributed by atoms with Crippen molar-refractivity contribution in [2.75, 3.05) is 18.5 Å². The third kappa shape index (κ3) is 2.95. The Morgan fingerprint density at radius 2 is 1.79 bits per heavy atom. The van der Waals surface area contributed by atoms with Crippen LogP contribution in [0.25, 0.3) is 0 Å². The summed E-state index contributed by atoms with van der Waals surface area (Å²) in [5.41, 5.74) is 12.8. The van der Waals surface area contributed by atoms with Crippen LogP contribution in [0.5, 0.6) is 11.5 Å². The highest BCUT2D eigenvalue weighted by Gasteiger charge is 2.05. The van der Waals surface area contributed by atoms with Crippen LogP contribution in [0.2, 0.25) is 0 Å². The minimum absolute atomic E-state index is 0.165. The first kappa shape index (κ1) is 12.8. The zero-order chi connectivity index (χ0) is 13.8. The van der Waals surface area contributed by atoms with Crippen molar-refractivity contribution in [3.8, 4) is 11.5 Å². The van der Waals surface area contributed by atoms with Gasteiger partial charge in [0.2, 0.25) is 0 Å². The lowest BCUT2D eigenvalue weighted by Gasteiger charge is -2.08. The van der Waals surface area contributed by atoms with E-state index in [0.717, 1.165) is 0 Å². The summed E-state index contributed by atoms with van der Waals surface area (Å²) in [7, 11) is 1.58. The van der Waals surface area contributed by atoms with Gasteiger partial charge in [0.15, 0.2) is 0 Å². The molecular weight excluding hydrogens is 242 g/mol. The first-order valence-corrected chi connectivity index (χ1v) is 5.75. The second kappa shape index (κ2) is 5.30. The van der Waals surface area contributed by atoms with Crippen molar-refractivity contribution in [1.29, 1.82) is 0 Å². The predicted octanol–water partition coefficient (Wildman–Crippen LogP) is 2.00. The maximum Gasteiger partial charge on any atom is 0.251 e. The molecule has 98 valence electrons. The molecule has 0 atom stereocenters. The van der Waals surface area contributed by atoms with Gasteiger partial charge in [0.05, 0.1) is 11.4 Å². The molecule has 0 spiro atoms. The quantitative estimate of drug-likeness (QED) is 0.733. The highest BCUT2D eigenvalue weighted by molar-refractivity contribution is 5.94. The largest absolute Gasteiger partial charge is 0.457 e. The fourth-order valence-corrected chi connectivity index (χ4v) is 1.60. The molecule has 2 rings (SSSR count). The van der Waals surface area contributed by atoms with Gasteiger partial charge in [-0.15, -0.1) is 0 Å². The number of hydrogen-bond donors (Lipinski definition) is 3. The highest BCUT2D eigenvalue weighted by atomic mass is 16.5. The fourth-order valence-electron chi connectivity index (χ4n) is 1.60. The molecule has 5 heteroatoms. The summed E-state index contributed by atoms with van der Waals surface area (Å²) in [5, 5.41) is 2.56. The highest BCUT2D eigenvalue weighted by Crippen LogP contribution is 2.26. The van der Waals surface area contributed by atoms with Crippen LogP contribution in [-0.2, 0) is 0 Å². The van der Waals surface area contributed by atoms with E-state index in [9.17, 15) is 4.79 Å². The third-order valence-corrected chi connectivity index (χ3v) is 2.62. The van der Waals surface area contributed by atoms with Crippen LogP contribution in [0.4, 0.5) is 11.4 Å². The van der Waals surface area contributed by atoms with Crippen LogP contribution in [0.15, 0.2) is 42.5 Å². The van der Waals surface area contributed by atoms with Gasteiger partial charge in [-0.3, -0.25) is 4.79 Å². The molecule has 0 saturated heterocycles. The van der Waals surface area contributed by atoms with Crippen LogP contribution >= 0.6 is 0 Å². The standard InChI is InChI=1S/C14H15N3O2/c1-17-14(18)9-3-2-4-10(7-9)19-11-5-6-12(15)13(16)8-11/h2-8H,15-16H2,1H3,(H,17,18). The van der Waals surface area contributed by atoms with Crippen molar-refractivity contribution in [3.63, 3.8) is 0 Å². The molecule has 0 aliphatic carbocycles. The van der Waals surface area contributed by atoms with E-state index >= 15 is 0 Å². The molecule has 5 N–H and O–H groups in total. The second-order valence-corrected chi connectivity index (χ2v) is 4.00. The Labute approximate surface area is 111 Å². The normalized spacial score (nSPS) is 9.95. The zero-order valence-electron chi connectivity index (χ0n) is 10.5. The molecule has 2 aromatic carbocycles. The molecular formula is C14H15N3O2. The number of carbonyl (C=O) groups excluding carboxylic acids is 1. The maximum absolute atomic E-state index is 11.5. The average molecular weight is 257 g/mol. The van der Waals surface area contributed by atoms with Gasteiger partial charge < -0.3 is 21.5 Å². The molecule has 0 bridgehead atoms. The van der Waals surface area contributed by atoms with Crippen molar-refractivity contribution in [3.05, 3.63) is 48.0 Å². The molecule has 0 fully saturated rings. The molecule has 1 amide bonds. The zero-order valence-corrected chi connectivity index (χ0v) is 10.5. The first-order valence-electron chi connectivity index (χ1n) is 5.75. The summed E-state index contributed by atoms with van der Waals surface area (Å²) in [4.78, 5) is 11.5. The smallest absolute Gasteiger partial charge is 0.251 e. The van der Waals surface area contributed by atoms with Crippen molar-refractivity contribution in [1.82, 2.24) is 5.32 Å². The van der Waals surface area contributed by atoms with Crippen molar-refractivity contribution in [2.45, 2.75) is 0 Å². The number of nitrogen functional groups attached to an aromatic ring is 2. The molecule has 19 heavy (non-hydrogen) atoms. The van der Waals surface area contributed by atoms with Crippen LogP contribution in [0, 0.1) is 0 Å². The lowest BCUT2D eigenvalue weighted by atomic mass is 10.2. The van der Waals surface area contributed by atoms with Gasteiger partial charge in [0.25, 0.3) is 5.91 Å². The van der Waals surface area contributed by atoms with Gasteiger partial charge in [-0.25, -0.2) is 0 Å². The molecule has 5 nitrogen and oxygen atoms in total. The average Bonchev–Trinajstić information content (AvgIpc) is 2.42. The number of nitrogens with one attached hydrogen (secondary N) is 1. The first-order chi connectivity index (χ1) is 9.10. The SMILES string of the molecule is CNC(=O)c1cccc(Oc2ccc(N)c(N)c2)c1. The predicted molar refractivity (Wildman–Crippen MR) is 75.2 cm³/mol. The summed E-state index contributed by atoms with van der Waals surface area (Å²) >= 11 is 0. The molecule has 0 aliphatic rings. The van der Waals surface area contributed by atoms with Crippen LogP contribution < -0.4 is 21.5 Å². The molecule has 0 unspecified atom stereocenters. The monoisotopic (exact) mass is 257 g/mol. The van der Waals surface area contributed by atoms with Crippen LogP contribution in [-0.4, -0.2) is 13.0 Å². The number of benzene rings is 2. The van der Waals surface area contributed by atoms with Crippen molar-refractivity contribution < 1.29 is 9.53 Å². The number of amides is 1. The topological polar surface area (TPSA) is 90.4 Å². The number of ether oxygens (including phenoxy) is 1. The van der Waals surface area contributed by atoms with Crippen molar-refractivity contribution in [2.24, 2.45) is 0 Å². The molecule has 0 radical (unpaired) electrons. The lowest BCUT2D eigenvalue weighted by Crippen LogP contribution is -2.17. The van der Waals surface area contributed by atoms with Gasteiger partial charge in [-0.05, 0) is 30.3 Å². The maximum atomic E-state index is 11.5. The van der Waals surface area contributed by atoms with E-state index in [2.05, 4.69) is 5.32 Å². The lowest BCUT2D eigenvalue weighted by molar-refractivity contribution is 0.0963. The summed E-state index contributed by atoms with van der Waals surface area (Å²) in [5.74, 6) is 0.966. The minimum atomic E-state index is -0.165. The Bertz CT molecular complexity index is 611. The van der Waals surface area contributed by atoms with Crippen LogP contribution in [0.1, 0.15) is 10.4 Å². The number of anilines is 2. The second-order valence-electron chi connectivity index (χ2n) is 4.00. The van der Waals surface area contributed by atoms with Gasteiger partial charge in [-0.2, -0.15) is 0 Å². The number of nitrogens with two attached hydrogens (primary N) is 2. The molecule has 2 aromatic rings. The van der Waals surface area contributed by atoms with Crippen LogP contribution in [0.3, 0.4) is 0 Å². The molecule has 0 aliphatic heterocycles. The Hall–Kier alpha value is -2.69. The van der Waals surface area contributed by atoms with E-state index in [-0.39, 0.29) is 5.91 Å². The number of hydrogen-bond acceptors (Lipinski definition) is 4. The minimum Gasteiger partial charge on any atom is -0.457 e. The molecule has 0 heterocycles.